The Morgan fingerprint density at radius 3 is 2.52 bits per heavy atom. The number of hydrogen-bond donors (Lipinski definition) is 1. The Morgan fingerprint density at radius 1 is 1.33 bits per heavy atom. The lowest BCUT2D eigenvalue weighted by Crippen LogP contribution is -2.53. The van der Waals surface area contributed by atoms with Crippen molar-refractivity contribution in [3.05, 3.63) is 20.8 Å². The highest BCUT2D eigenvalue weighted by Crippen LogP contribution is 2.23. The molecule has 27 heavy (non-hydrogen) atoms. The quantitative estimate of drug-likeness (QED) is 0.324. The van der Waals surface area contributed by atoms with Crippen LogP contribution in [0.4, 0.5) is 0 Å². The molecule has 6 nitrogen and oxygen atoms in total. The van der Waals surface area contributed by atoms with Crippen LogP contribution in [0, 0.1) is 0 Å². The van der Waals surface area contributed by atoms with E-state index in [2.05, 4.69) is 62.0 Å². The third-order valence-corrected chi connectivity index (χ3v) is 6.14. The highest BCUT2D eigenvalue weighted by Gasteiger charge is 2.21. The summed E-state index contributed by atoms with van der Waals surface area (Å²) < 4.78 is 1.18. The fourth-order valence-corrected chi connectivity index (χ4v) is 4.14. The van der Waals surface area contributed by atoms with E-state index in [1.165, 1.54) is 8.66 Å². The molecule has 1 amide bonds. The van der Waals surface area contributed by atoms with Crippen molar-refractivity contribution >= 4 is 63.1 Å². The molecule has 1 N–H and O–H groups in total. The molecular formula is C18H31BrIN5OS. The van der Waals surface area contributed by atoms with Crippen LogP contribution >= 0.6 is 51.2 Å². The maximum absolute atomic E-state index is 11.9. The third-order valence-electron chi connectivity index (χ3n) is 4.53. The molecule has 1 fully saturated rings. The van der Waals surface area contributed by atoms with Gasteiger partial charge in [0.1, 0.15) is 6.54 Å². The summed E-state index contributed by atoms with van der Waals surface area (Å²) in [7, 11) is 3.53. The second kappa shape index (κ2) is 12.2. The van der Waals surface area contributed by atoms with Crippen molar-refractivity contribution in [1.82, 2.24) is 20.0 Å². The molecule has 1 aromatic rings. The summed E-state index contributed by atoms with van der Waals surface area (Å²) in [5, 5.41) is 3.48. The number of aliphatic imine (C=N–C) groups is 1. The van der Waals surface area contributed by atoms with E-state index in [4.69, 9.17) is 0 Å². The molecule has 9 heteroatoms. The number of hydrogen-bond acceptors (Lipinski definition) is 4. The van der Waals surface area contributed by atoms with Crippen molar-refractivity contribution in [2.45, 2.75) is 32.9 Å². The Kier molecular flexibility index (Phi) is 11.2. The molecule has 1 saturated heterocycles. The van der Waals surface area contributed by atoms with E-state index in [1.54, 1.807) is 30.3 Å². The third kappa shape index (κ3) is 8.25. The molecule has 1 aliphatic rings. The van der Waals surface area contributed by atoms with Crippen molar-refractivity contribution in [1.29, 1.82) is 0 Å². The molecule has 0 spiro atoms. The van der Waals surface area contributed by atoms with E-state index in [-0.39, 0.29) is 36.4 Å². The Labute approximate surface area is 192 Å². The second-order valence-electron chi connectivity index (χ2n) is 6.85. The molecule has 1 aromatic heterocycles. The first kappa shape index (κ1) is 24.6. The molecule has 0 bridgehead atoms. The van der Waals surface area contributed by atoms with Gasteiger partial charge in [0.15, 0.2) is 5.96 Å². The van der Waals surface area contributed by atoms with Gasteiger partial charge in [-0.25, -0.2) is 4.99 Å². The predicted molar refractivity (Wildman–Crippen MR) is 128 cm³/mol. The van der Waals surface area contributed by atoms with Gasteiger partial charge in [0.05, 0.1) is 3.79 Å². The van der Waals surface area contributed by atoms with E-state index in [9.17, 15) is 4.79 Å². The lowest BCUT2D eigenvalue weighted by Gasteiger charge is -2.37. The van der Waals surface area contributed by atoms with Crippen LogP contribution in [0.25, 0.3) is 0 Å². The number of thiophene rings is 1. The van der Waals surface area contributed by atoms with Crippen LogP contribution in [0.2, 0.25) is 0 Å². The van der Waals surface area contributed by atoms with Crippen LogP contribution in [0.5, 0.6) is 0 Å². The Balaban J connectivity index is 0.00000364. The molecule has 2 rings (SSSR count). The second-order valence-corrected chi connectivity index (χ2v) is 9.40. The molecule has 0 aliphatic carbocycles. The zero-order valence-electron chi connectivity index (χ0n) is 16.6. The summed E-state index contributed by atoms with van der Waals surface area (Å²) in [6.45, 7) is 9.32. The molecule has 2 heterocycles. The number of likely N-dealkylation sites (N-methyl/N-ethyl adjacent to an activating group) is 1. The lowest BCUT2D eigenvalue weighted by molar-refractivity contribution is -0.127. The maximum Gasteiger partial charge on any atom is 0.243 e. The van der Waals surface area contributed by atoms with Gasteiger partial charge in [-0.1, -0.05) is 6.92 Å². The minimum absolute atomic E-state index is 0. The predicted octanol–water partition coefficient (Wildman–Crippen LogP) is 3.08. The summed E-state index contributed by atoms with van der Waals surface area (Å²) in [5.74, 6) is 0.878. The van der Waals surface area contributed by atoms with Gasteiger partial charge in [-0.15, -0.1) is 35.3 Å². The molecule has 0 aromatic carbocycles. The van der Waals surface area contributed by atoms with Gasteiger partial charge in [-0.2, -0.15) is 0 Å². The number of piperazine rings is 1. The number of nitrogens with zero attached hydrogens (tertiary/aromatic N) is 4. The van der Waals surface area contributed by atoms with Gasteiger partial charge < -0.3 is 15.1 Å². The first-order valence-electron chi connectivity index (χ1n) is 9.11. The molecule has 0 radical (unpaired) electrons. The topological polar surface area (TPSA) is 51.2 Å². The number of amides is 1. The summed E-state index contributed by atoms with van der Waals surface area (Å²) in [4.78, 5) is 24.2. The highest BCUT2D eigenvalue weighted by atomic mass is 127. The van der Waals surface area contributed by atoms with Crippen LogP contribution in [0.1, 0.15) is 25.1 Å². The van der Waals surface area contributed by atoms with Crippen LogP contribution < -0.4 is 5.32 Å². The smallest absolute Gasteiger partial charge is 0.243 e. The van der Waals surface area contributed by atoms with Crippen LogP contribution in [-0.2, 0) is 11.3 Å². The molecular weight excluding hydrogens is 541 g/mol. The first-order valence-corrected chi connectivity index (χ1v) is 10.7. The number of carbonyl (C=O) groups is 1. The Morgan fingerprint density at radius 2 is 2.00 bits per heavy atom. The van der Waals surface area contributed by atoms with Crippen LogP contribution in [0.3, 0.4) is 0 Å². The van der Waals surface area contributed by atoms with Gasteiger partial charge in [0.25, 0.3) is 0 Å². The number of halogens is 2. The Bertz CT molecular complexity index is 617. The van der Waals surface area contributed by atoms with Gasteiger partial charge in [0.2, 0.25) is 5.91 Å². The summed E-state index contributed by atoms with van der Waals surface area (Å²) in [5.41, 5.74) is 0. The normalized spacial score (nSPS) is 16.6. The molecule has 1 aliphatic heterocycles. The van der Waals surface area contributed by atoms with Crippen LogP contribution in [0.15, 0.2) is 20.9 Å². The van der Waals surface area contributed by atoms with E-state index in [0.717, 1.165) is 45.1 Å². The number of nitrogens with one attached hydrogen (secondary N) is 1. The van der Waals surface area contributed by atoms with Crippen molar-refractivity contribution in [2.75, 3.05) is 46.8 Å². The van der Waals surface area contributed by atoms with E-state index < -0.39 is 0 Å². The highest BCUT2D eigenvalue weighted by molar-refractivity contribution is 14.0. The average molecular weight is 572 g/mol. The largest absolute Gasteiger partial charge is 0.354 e. The maximum atomic E-state index is 11.9. The molecule has 1 atom stereocenters. The number of carbonyl (C=O) groups excluding carboxylic acids is 1. The summed E-state index contributed by atoms with van der Waals surface area (Å²) in [6, 6.07) is 4.63. The van der Waals surface area contributed by atoms with Crippen LogP contribution in [-0.4, -0.2) is 79.4 Å². The summed E-state index contributed by atoms with van der Waals surface area (Å²) in [6.07, 6.45) is 1.02. The SMILES string of the molecule is CCC(C)NC(=NCC(=O)N(C)C)N1CCN(Cc2ccc(Br)s2)CC1.I. The number of rotatable bonds is 6. The van der Waals surface area contributed by atoms with E-state index >= 15 is 0 Å². The van der Waals surface area contributed by atoms with Gasteiger partial charge >= 0.3 is 0 Å². The minimum Gasteiger partial charge on any atom is -0.354 e. The molecule has 154 valence electrons. The fourth-order valence-electron chi connectivity index (χ4n) is 2.62. The van der Waals surface area contributed by atoms with Crippen molar-refractivity contribution < 1.29 is 4.79 Å². The van der Waals surface area contributed by atoms with Gasteiger partial charge in [0, 0.05) is 57.7 Å². The summed E-state index contributed by atoms with van der Waals surface area (Å²) >= 11 is 5.33. The molecule has 0 saturated carbocycles. The fraction of sp³-hybridized carbons (Fsp3) is 0.667. The van der Waals surface area contributed by atoms with Gasteiger partial charge in [-0.3, -0.25) is 9.69 Å². The van der Waals surface area contributed by atoms with Gasteiger partial charge in [-0.05, 0) is 41.4 Å². The average Bonchev–Trinajstić information content (AvgIpc) is 3.03. The first-order chi connectivity index (χ1) is 12.4. The molecule has 1 unspecified atom stereocenters. The van der Waals surface area contributed by atoms with E-state index in [1.807, 2.05) is 0 Å². The van der Waals surface area contributed by atoms with Crippen molar-refractivity contribution in [3.8, 4) is 0 Å². The Hall–Kier alpha value is -0.390. The monoisotopic (exact) mass is 571 g/mol. The zero-order chi connectivity index (χ0) is 19.1. The van der Waals surface area contributed by atoms with E-state index in [0.29, 0.717) is 6.04 Å². The minimum atomic E-state index is 0. The lowest BCUT2D eigenvalue weighted by atomic mass is 10.2. The number of guanidine groups is 1. The zero-order valence-corrected chi connectivity index (χ0v) is 21.3. The van der Waals surface area contributed by atoms with Crippen molar-refractivity contribution in [3.63, 3.8) is 0 Å². The van der Waals surface area contributed by atoms with Crippen molar-refractivity contribution in [2.24, 2.45) is 4.99 Å². The standard InChI is InChI=1S/C18H30BrN5OS.HI/c1-5-14(2)21-18(20-12-17(25)22(3)4)24-10-8-23(9-11-24)13-15-6-7-16(19)26-15;/h6-7,14H,5,8-13H2,1-4H3,(H,20,21);1H.